The highest BCUT2D eigenvalue weighted by molar-refractivity contribution is 6.62. The van der Waals surface area contributed by atoms with Crippen LogP contribution in [0.15, 0.2) is 48.7 Å². The van der Waals surface area contributed by atoms with Crippen LogP contribution in [0.4, 0.5) is 0 Å². The van der Waals surface area contributed by atoms with Crippen LogP contribution >= 0.6 is 0 Å². The number of aromatic nitrogens is 1. The number of carbonyl (C=O) groups is 1. The van der Waals surface area contributed by atoms with E-state index < -0.39 is 12.7 Å². The Morgan fingerprint density at radius 2 is 2.08 bits per heavy atom. The Balaban J connectivity index is 1.71. The summed E-state index contributed by atoms with van der Waals surface area (Å²) in [6.07, 6.45) is 2.64. The molecule has 0 bridgehead atoms. The van der Waals surface area contributed by atoms with E-state index in [0.29, 0.717) is 12.1 Å². The monoisotopic (exact) mass is 348 g/mol. The predicted octanol–water partition coefficient (Wildman–Crippen LogP) is 1.84. The number of rotatable bonds is 3. The summed E-state index contributed by atoms with van der Waals surface area (Å²) in [4.78, 5) is 12.0. The van der Waals surface area contributed by atoms with Gasteiger partial charge in [-0.1, -0.05) is 24.3 Å². The average molecular weight is 348 g/mol. The van der Waals surface area contributed by atoms with E-state index in [4.69, 9.17) is 4.65 Å². The van der Waals surface area contributed by atoms with Crippen molar-refractivity contribution < 1.29 is 14.5 Å². The van der Waals surface area contributed by atoms with Crippen molar-refractivity contribution in [2.24, 2.45) is 0 Å². The molecule has 0 aliphatic carbocycles. The summed E-state index contributed by atoms with van der Waals surface area (Å²) >= 11 is 0. The first kappa shape index (κ1) is 16.9. The largest absolute Gasteiger partial charge is 0.492 e. The van der Waals surface area contributed by atoms with Gasteiger partial charge in [-0.15, -0.1) is 0 Å². The molecule has 1 amide bonds. The summed E-state index contributed by atoms with van der Waals surface area (Å²) in [5.41, 5.74) is 5.23. The normalized spacial score (nSPS) is 15.3. The van der Waals surface area contributed by atoms with Crippen LogP contribution in [0.2, 0.25) is 0 Å². The second-order valence-electron chi connectivity index (χ2n) is 7.17. The third-order valence-corrected chi connectivity index (χ3v) is 5.07. The van der Waals surface area contributed by atoms with E-state index in [-0.39, 0.29) is 5.91 Å². The van der Waals surface area contributed by atoms with Crippen molar-refractivity contribution in [2.45, 2.75) is 25.9 Å². The van der Waals surface area contributed by atoms with Gasteiger partial charge in [-0.3, -0.25) is 4.79 Å². The van der Waals surface area contributed by atoms with Crippen molar-refractivity contribution in [3.8, 4) is 0 Å². The Morgan fingerprint density at radius 1 is 1.27 bits per heavy atom. The molecule has 0 atom stereocenters. The van der Waals surface area contributed by atoms with Gasteiger partial charge < -0.3 is 19.4 Å². The Morgan fingerprint density at radius 3 is 2.85 bits per heavy atom. The summed E-state index contributed by atoms with van der Waals surface area (Å²) in [5.74, 6) is -0.113. The molecule has 0 spiro atoms. The quantitative estimate of drug-likeness (QED) is 0.710. The number of fused-ring (bicyclic) bond motifs is 2. The number of hydrogen-bond donors (Lipinski definition) is 2. The molecule has 5 nitrogen and oxygen atoms in total. The highest BCUT2D eigenvalue weighted by Gasteiger charge is 2.40. The molecule has 0 radical (unpaired) electrons. The SMILES string of the molecule is CNC(=O)c1cccc2c(Cc3ccc4c(c3)B(O)OC4(C)C)ccn12. The molecule has 26 heavy (non-hydrogen) atoms. The number of nitrogens with zero attached hydrogens (tertiary/aromatic N) is 1. The average Bonchev–Trinajstić information content (AvgIpc) is 3.12. The maximum atomic E-state index is 12.0. The number of benzene rings is 1. The zero-order valence-electron chi connectivity index (χ0n) is 15.1. The summed E-state index contributed by atoms with van der Waals surface area (Å²) < 4.78 is 7.55. The molecule has 1 aromatic carbocycles. The standard InChI is InChI=1S/C20H21BN2O3/c1-20(2)15-8-7-13(12-16(15)21(25)26-20)11-14-9-10-23-17(14)5-4-6-18(23)19(24)22-3/h4-10,12,25H,11H2,1-3H3,(H,22,24). The molecular weight excluding hydrogens is 327 g/mol. The lowest BCUT2D eigenvalue weighted by molar-refractivity contribution is 0.0956. The van der Waals surface area contributed by atoms with Crippen molar-refractivity contribution in [1.29, 1.82) is 0 Å². The van der Waals surface area contributed by atoms with Crippen molar-refractivity contribution in [1.82, 2.24) is 9.72 Å². The molecule has 6 heteroatoms. The second-order valence-corrected chi connectivity index (χ2v) is 7.17. The van der Waals surface area contributed by atoms with Crippen molar-refractivity contribution in [3.05, 3.63) is 71.0 Å². The van der Waals surface area contributed by atoms with E-state index in [1.807, 2.05) is 54.8 Å². The third kappa shape index (κ3) is 2.62. The van der Waals surface area contributed by atoms with E-state index in [1.165, 1.54) is 0 Å². The van der Waals surface area contributed by atoms with Gasteiger partial charge in [-0.25, -0.2) is 0 Å². The van der Waals surface area contributed by atoms with Gasteiger partial charge in [0, 0.05) is 18.8 Å². The van der Waals surface area contributed by atoms with E-state index >= 15 is 0 Å². The fourth-order valence-electron chi connectivity index (χ4n) is 3.76. The van der Waals surface area contributed by atoms with Crippen LogP contribution in [-0.4, -0.2) is 29.5 Å². The zero-order chi connectivity index (χ0) is 18.5. The third-order valence-electron chi connectivity index (χ3n) is 5.07. The van der Waals surface area contributed by atoms with Gasteiger partial charge >= 0.3 is 7.12 Å². The molecule has 0 unspecified atom stereocenters. The van der Waals surface area contributed by atoms with Crippen molar-refractivity contribution in [2.75, 3.05) is 7.05 Å². The molecule has 2 N–H and O–H groups in total. The second kappa shape index (κ2) is 6.00. The molecule has 1 aliphatic rings. The summed E-state index contributed by atoms with van der Waals surface area (Å²) in [5, 5.41) is 12.9. The van der Waals surface area contributed by atoms with Gasteiger partial charge in [0.15, 0.2) is 0 Å². The number of nitrogens with one attached hydrogen (secondary N) is 1. The van der Waals surface area contributed by atoms with Gasteiger partial charge in [-0.2, -0.15) is 0 Å². The van der Waals surface area contributed by atoms with Gasteiger partial charge in [-0.05, 0) is 60.6 Å². The molecule has 0 saturated heterocycles. The lowest BCUT2D eigenvalue weighted by atomic mass is 9.77. The van der Waals surface area contributed by atoms with E-state index in [0.717, 1.165) is 27.7 Å². The lowest BCUT2D eigenvalue weighted by Gasteiger charge is -2.19. The minimum atomic E-state index is -0.884. The number of pyridine rings is 1. The molecule has 0 saturated carbocycles. The van der Waals surface area contributed by atoms with Crippen LogP contribution < -0.4 is 10.8 Å². The van der Waals surface area contributed by atoms with Gasteiger partial charge in [0.05, 0.1) is 5.60 Å². The Labute approximate surface area is 152 Å². The first-order valence-electron chi connectivity index (χ1n) is 8.71. The summed E-state index contributed by atoms with van der Waals surface area (Å²) in [6.45, 7) is 3.92. The highest BCUT2D eigenvalue weighted by atomic mass is 16.5. The van der Waals surface area contributed by atoms with Crippen LogP contribution in [-0.2, 0) is 16.7 Å². The molecule has 3 heterocycles. The fourth-order valence-corrected chi connectivity index (χ4v) is 3.76. The number of hydrogen-bond acceptors (Lipinski definition) is 3. The summed E-state index contributed by atoms with van der Waals surface area (Å²) in [6, 6.07) is 13.9. The molecule has 132 valence electrons. The first-order chi connectivity index (χ1) is 12.4. The highest BCUT2D eigenvalue weighted by Crippen LogP contribution is 2.30. The first-order valence-corrected chi connectivity index (χ1v) is 8.71. The predicted molar refractivity (Wildman–Crippen MR) is 102 cm³/mol. The maximum absolute atomic E-state index is 12.0. The van der Waals surface area contributed by atoms with E-state index in [1.54, 1.807) is 13.1 Å². The fraction of sp³-hybridized carbons (Fsp3) is 0.250. The maximum Gasteiger partial charge on any atom is 0.492 e. The molecule has 1 aliphatic heterocycles. The molecule has 3 aromatic rings. The van der Waals surface area contributed by atoms with Crippen LogP contribution in [0.25, 0.3) is 5.52 Å². The topological polar surface area (TPSA) is 63.0 Å². The smallest absolute Gasteiger partial charge is 0.423 e. The molecular formula is C20H21BN2O3. The van der Waals surface area contributed by atoms with Crippen molar-refractivity contribution >= 4 is 24.0 Å². The van der Waals surface area contributed by atoms with Crippen LogP contribution in [0.3, 0.4) is 0 Å². The Hall–Kier alpha value is -2.57. The number of amides is 1. The molecule has 0 fully saturated rings. The molecule has 4 rings (SSSR count). The van der Waals surface area contributed by atoms with E-state index in [9.17, 15) is 9.82 Å². The van der Waals surface area contributed by atoms with Gasteiger partial charge in [0.2, 0.25) is 0 Å². The Kier molecular flexibility index (Phi) is 3.90. The van der Waals surface area contributed by atoms with Crippen LogP contribution in [0.5, 0.6) is 0 Å². The van der Waals surface area contributed by atoms with Crippen LogP contribution in [0, 0.1) is 0 Å². The molecule has 2 aromatic heterocycles. The number of carbonyl (C=O) groups excluding carboxylic acids is 1. The van der Waals surface area contributed by atoms with Gasteiger partial charge in [0.1, 0.15) is 5.69 Å². The summed E-state index contributed by atoms with van der Waals surface area (Å²) in [7, 11) is 0.746. The van der Waals surface area contributed by atoms with Crippen LogP contribution in [0.1, 0.15) is 41.0 Å². The van der Waals surface area contributed by atoms with Crippen molar-refractivity contribution in [3.63, 3.8) is 0 Å². The minimum Gasteiger partial charge on any atom is -0.423 e. The van der Waals surface area contributed by atoms with E-state index in [2.05, 4.69) is 11.4 Å². The van der Waals surface area contributed by atoms with Gasteiger partial charge in [0.25, 0.3) is 5.91 Å². The Bertz CT molecular complexity index is 1010. The lowest BCUT2D eigenvalue weighted by Crippen LogP contribution is -2.28. The zero-order valence-corrected chi connectivity index (χ0v) is 15.1. The minimum absolute atomic E-state index is 0.113.